The van der Waals surface area contributed by atoms with Crippen LogP contribution in [0.5, 0.6) is 5.75 Å². The van der Waals surface area contributed by atoms with Crippen LogP contribution in [0.1, 0.15) is 55.7 Å². The maximum absolute atomic E-state index is 12.3. The molecule has 0 fully saturated rings. The molecular formula is C24H27NO3. The van der Waals surface area contributed by atoms with Gasteiger partial charge in [0.25, 0.3) is 0 Å². The number of carbonyl (C=O) groups excluding carboxylic acids is 1. The van der Waals surface area contributed by atoms with E-state index in [9.17, 15) is 4.79 Å². The molecule has 28 heavy (non-hydrogen) atoms. The van der Waals surface area contributed by atoms with Crippen molar-refractivity contribution in [3.05, 3.63) is 70.9 Å². The van der Waals surface area contributed by atoms with Gasteiger partial charge in [0.1, 0.15) is 5.75 Å². The summed E-state index contributed by atoms with van der Waals surface area (Å²) in [6.07, 6.45) is 7.69. The monoisotopic (exact) mass is 377 g/mol. The van der Waals surface area contributed by atoms with Crippen LogP contribution in [-0.2, 0) is 9.53 Å². The minimum atomic E-state index is -0.440. The number of para-hydroxylation sites is 1. The molecule has 0 unspecified atom stereocenters. The third-order valence-electron chi connectivity index (χ3n) is 4.64. The number of cyclic esters (lactones) is 1. The van der Waals surface area contributed by atoms with Crippen LogP contribution in [0.4, 0.5) is 0 Å². The Morgan fingerprint density at radius 3 is 2.54 bits per heavy atom. The molecular weight excluding hydrogens is 350 g/mol. The average Bonchev–Trinajstić information content (AvgIpc) is 3.07. The first kappa shape index (κ1) is 19.9. The molecule has 0 spiro atoms. The molecule has 4 nitrogen and oxygen atoms in total. The highest BCUT2D eigenvalue weighted by Gasteiger charge is 2.24. The van der Waals surface area contributed by atoms with Crippen LogP contribution in [0.25, 0.3) is 6.08 Å². The number of rotatable bonds is 9. The van der Waals surface area contributed by atoms with Gasteiger partial charge < -0.3 is 9.47 Å². The fraction of sp³-hybridized carbons (Fsp3) is 0.333. The lowest BCUT2D eigenvalue weighted by atomic mass is 10.1. The molecule has 0 radical (unpaired) electrons. The molecule has 0 atom stereocenters. The Hall–Kier alpha value is -2.88. The molecule has 0 saturated heterocycles. The van der Waals surface area contributed by atoms with Crippen LogP contribution in [0.2, 0.25) is 0 Å². The number of hydrogen-bond acceptors (Lipinski definition) is 4. The molecule has 0 bridgehead atoms. The normalized spacial score (nSPS) is 14.9. The highest BCUT2D eigenvalue weighted by Crippen LogP contribution is 2.25. The van der Waals surface area contributed by atoms with Crippen LogP contribution in [-0.4, -0.2) is 18.5 Å². The van der Waals surface area contributed by atoms with Gasteiger partial charge >= 0.3 is 5.97 Å². The topological polar surface area (TPSA) is 47.9 Å². The third kappa shape index (κ3) is 5.32. The molecule has 0 N–H and O–H groups in total. The van der Waals surface area contributed by atoms with Gasteiger partial charge in [-0.2, -0.15) is 0 Å². The Morgan fingerprint density at radius 1 is 1.00 bits per heavy atom. The second-order valence-electron chi connectivity index (χ2n) is 7.00. The Labute approximate surface area is 166 Å². The molecule has 1 heterocycles. The van der Waals surface area contributed by atoms with Crippen molar-refractivity contribution in [2.24, 2.45) is 4.99 Å². The third-order valence-corrected chi connectivity index (χ3v) is 4.64. The van der Waals surface area contributed by atoms with Gasteiger partial charge in [-0.25, -0.2) is 9.79 Å². The summed E-state index contributed by atoms with van der Waals surface area (Å²) < 4.78 is 11.3. The van der Waals surface area contributed by atoms with E-state index in [2.05, 4.69) is 11.9 Å². The van der Waals surface area contributed by atoms with Gasteiger partial charge in [0.15, 0.2) is 5.70 Å². The molecule has 2 aromatic rings. The number of hydrogen-bond donors (Lipinski definition) is 0. The predicted molar refractivity (Wildman–Crippen MR) is 112 cm³/mol. The first-order valence-corrected chi connectivity index (χ1v) is 9.99. The van der Waals surface area contributed by atoms with Gasteiger partial charge in [0, 0.05) is 11.1 Å². The van der Waals surface area contributed by atoms with Crippen molar-refractivity contribution in [2.45, 2.75) is 46.0 Å². The van der Waals surface area contributed by atoms with Crippen molar-refractivity contribution in [3.63, 3.8) is 0 Å². The van der Waals surface area contributed by atoms with Gasteiger partial charge in [-0.1, -0.05) is 68.5 Å². The molecule has 1 aliphatic heterocycles. The van der Waals surface area contributed by atoms with E-state index in [1.54, 1.807) is 6.08 Å². The number of esters is 1. The largest absolute Gasteiger partial charge is 0.493 e. The van der Waals surface area contributed by atoms with Crippen LogP contribution in [0, 0.1) is 6.92 Å². The van der Waals surface area contributed by atoms with E-state index in [1.807, 2.05) is 55.5 Å². The van der Waals surface area contributed by atoms with E-state index in [1.165, 1.54) is 25.7 Å². The SMILES string of the molecule is CCCCCCCOc1ccccc1/C=C1\N=C(c2ccc(C)cc2)OC1=O. The molecule has 0 aromatic heterocycles. The van der Waals surface area contributed by atoms with E-state index in [4.69, 9.17) is 9.47 Å². The zero-order valence-electron chi connectivity index (χ0n) is 16.6. The molecule has 0 saturated carbocycles. The van der Waals surface area contributed by atoms with Crippen molar-refractivity contribution in [2.75, 3.05) is 6.61 Å². The fourth-order valence-electron chi connectivity index (χ4n) is 3.00. The van der Waals surface area contributed by atoms with Gasteiger partial charge in [0.2, 0.25) is 5.90 Å². The number of benzene rings is 2. The molecule has 146 valence electrons. The highest BCUT2D eigenvalue weighted by molar-refractivity contribution is 6.12. The number of aryl methyl sites for hydroxylation is 1. The molecule has 4 heteroatoms. The van der Waals surface area contributed by atoms with Crippen molar-refractivity contribution in [1.82, 2.24) is 0 Å². The van der Waals surface area contributed by atoms with Gasteiger partial charge in [-0.3, -0.25) is 0 Å². The van der Waals surface area contributed by atoms with E-state index in [0.717, 1.165) is 28.9 Å². The average molecular weight is 377 g/mol. The number of nitrogens with zero attached hydrogens (tertiary/aromatic N) is 1. The number of aliphatic imine (C=N–C) groups is 1. The summed E-state index contributed by atoms with van der Waals surface area (Å²) in [5.41, 5.74) is 3.05. The Bertz CT molecular complexity index is 866. The number of carbonyl (C=O) groups is 1. The van der Waals surface area contributed by atoms with Crippen LogP contribution < -0.4 is 4.74 Å². The summed E-state index contributed by atoms with van der Waals surface area (Å²) in [6, 6.07) is 15.4. The zero-order chi connectivity index (χ0) is 19.8. The van der Waals surface area contributed by atoms with Crippen molar-refractivity contribution in [1.29, 1.82) is 0 Å². The van der Waals surface area contributed by atoms with E-state index in [0.29, 0.717) is 12.5 Å². The van der Waals surface area contributed by atoms with Crippen molar-refractivity contribution in [3.8, 4) is 5.75 Å². The summed E-state index contributed by atoms with van der Waals surface area (Å²) in [5.74, 6) is 0.660. The summed E-state index contributed by atoms with van der Waals surface area (Å²) >= 11 is 0. The van der Waals surface area contributed by atoms with Crippen LogP contribution >= 0.6 is 0 Å². The maximum Gasteiger partial charge on any atom is 0.363 e. The van der Waals surface area contributed by atoms with Crippen LogP contribution in [0.15, 0.2) is 59.2 Å². The van der Waals surface area contributed by atoms with E-state index in [-0.39, 0.29) is 5.70 Å². The zero-order valence-corrected chi connectivity index (χ0v) is 16.6. The van der Waals surface area contributed by atoms with Crippen LogP contribution in [0.3, 0.4) is 0 Å². The predicted octanol–water partition coefficient (Wildman–Crippen LogP) is 5.69. The lowest BCUT2D eigenvalue weighted by molar-refractivity contribution is -0.129. The van der Waals surface area contributed by atoms with E-state index >= 15 is 0 Å². The summed E-state index contributed by atoms with van der Waals surface area (Å²) in [6.45, 7) is 4.89. The lowest BCUT2D eigenvalue weighted by Crippen LogP contribution is -2.05. The minimum absolute atomic E-state index is 0.287. The lowest BCUT2D eigenvalue weighted by Gasteiger charge is -2.09. The van der Waals surface area contributed by atoms with Gasteiger partial charge in [-0.15, -0.1) is 0 Å². The fourth-order valence-corrected chi connectivity index (χ4v) is 3.00. The second-order valence-corrected chi connectivity index (χ2v) is 7.00. The molecule has 0 aliphatic carbocycles. The van der Waals surface area contributed by atoms with E-state index < -0.39 is 5.97 Å². The van der Waals surface area contributed by atoms with Crippen molar-refractivity contribution < 1.29 is 14.3 Å². The van der Waals surface area contributed by atoms with Gasteiger partial charge in [-0.05, 0) is 37.6 Å². The maximum atomic E-state index is 12.3. The first-order valence-electron chi connectivity index (χ1n) is 9.99. The molecule has 3 rings (SSSR count). The quantitative estimate of drug-likeness (QED) is 0.320. The summed E-state index contributed by atoms with van der Waals surface area (Å²) in [5, 5.41) is 0. The van der Waals surface area contributed by atoms with Crippen molar-refractivity contribution >= 4 is 17.9 Å². The standard InChI is InChI=1S/C24H27NO3/c1-3-4-5-6-9-16-27-22-11-8-7-10-20(22)17-21-24(26)28-23(25-21)19-14-12-18(2)13-15-19/h7-8,10-15,17H,3-6,9,16H2,1-2H3/b21-17-. The van der Waals surface area contributed by atoms with Gasteiger partial charge in [0.05, 0.1) is 6.61 Å². The Balaban J connectivity index is 1.70. The number of unbranched alkanes of at least 4 members (excludes halogenated alkanes) is 4. The second kappa shape index (κ2) is 9.88. The smallest absolute Gasteiger partial charge is 0.363 e. The molecule has 1 aliphatic rings. The minimum Gasteiger partial charge on any atom is -0.493 e. The summed E-state index contributed by atoms with van der Waals surface area (Å²) in [7, 11) is 0. The number of ether oxygens (including phenoxy) is 2. The summed E-state index contributed by atoms with van der Waals surface area (Å²) in [4.78, 5) is 16.6. The molecule has 0 amide bonds. The Morgan fingerprint density at radius 2 is 1.75 bits per heavy atom. The molecule has 2 aromatic carbocycles. The highest BCUT2D eigenvalue weighted by atomic mass is 16.6. The Kier molecular flexibility index (Phi) is 7.01. The first-order chi connectivity index (χ1) is 13.7.